The van der Waals surface area contributed by atoms with Gasteiger partial charge in [0.25, 0.3) is 0 Å². The molecule has 0 heterocycles. The molecule has 1 unspecified atom stereocenters. The summed E-state index contributed by atoms with van der Waals surface area (Å²) in [4.78, 5) is 26.0. The molecule has 0 radical (unpaired) electrons. The zero-order valence-corrected chi connectivity index (χ0v) is 15.2. The molecular weight excluding hydrogens is 320 g/mol. The Balaban J connectivity index is 2.61. The fraction of sp³-hybridized carbons (Fsp3) is 0.500. The van der Waals surface area contributed by atoms with Crippen LogP contribution in [0, 0.1) is 11.3 Å². The molecule has 1 aromatic carbocycles. The van der Waals surface area contributed by atoms with E-state index in [2.05, 4.69) is 0 Å². The number of aromatic hydroxyl groups is 2. The number of fused-ring (bicyclic) bond motifs is 1. The lowest BCUT2D eigenvalue weighted by molar-refractivity contribution is 0.00897. The van der Waals surface area contributed by atoms with Crippen molar-refractivity contribution in [1.29, 1.82) is 0 Å². The second-order valence-corrected chi connectivity index (χ2v) is 7.57. The maximum absolute atomic E-state index is 13.3. The molecule has 0 saturated heterocycles. The molecular formula is C20H26O5. The van der Waals surface area contributed by atoms with Crippen LogP contribution in [0.3, 0.4) is 0 Å². The smallest absolute Gasteiger partial charge is 0.176 e. The molecule has 0 bridgehead atoms. The molecule has 3 N–H and O–H groups in total. The van der Waals surface area contributed by atoms with Gasteiger partial charge in [0, 0.05) is 6.42 Å². The Labute approximate surface area is 148 Å². The summed E-state index contributed by atoms with van der Waals surface area (Å²) in [7, 11) is 0. The number of carbonyl (C=O) groups excluding carboxylic acids is 2. The summed E-state index contributed by atoms with van der Waals surface area (Å²) in [5.41, 5.74) is -0.601. The van der Waals surface area contributed by atoms with Crippen LogP contribution in [0.4, 0.5) is 0 Å². The zero-order valence-electron chi connectivity index (χ0n) is 15.2. The highest BCUT2D eigenvalue weighted by Gasteiger charge is 2.52. The molecule has 0 saturated carbocycles. The van der Waals surface area contributed by atoms with Gasteiger partial charge in [0.15, 0.2) is 11.6 Å². The summed E-state index contributed by atoms with van der Waals surface area (Å²) in [6.07, 6.45) is 1.19. The number of aliphatic hydroxyl groups is 1. The third kappa shape index (κ3) is 3.47. The molecule has 5 nitrogen and oxygen atoms in total. The maximum Gasteiger partial charge on any atom is 0.176 e. The minimum atomic E-state index is -1.30. The number of Topliss-reactive ketones (excluding diaryl/α,β-unsaturated/α-hetero) is 2. The van der Waals surface area contributed by atoms with E-state index in [4.69, 9.17) is 0 Å². The maximum atomic E-state index is 13.3. The zero-order chi connectivity index (χ0) is 18.9. The Hall–Kier alpha value is -2.14. The topological polar surface area (TPSA) is 94.8 Å². The molecule has 5 heteroatoms. The Kier molecular flexibility index (Phi) is 5.37. The van der Waals surface area contributed by atoms with Crippen LogP contribution in [0.25, 0.3) is 0 Å². The molecule has 1 aliphatic rings. The number of hydrogen-bond donors (Lipinski definition) is 3. The van der Waals surface area contributed by atoms with Crippen LogP contribution in [0.1, 0.15) is 67.7 Å². The fourth-order valence-corrected chi connectivity index (χ4v) is 3.67. The third-order valence-corrected chi connectivity index (χ3v) is 4.76. The van der Waals surface area contributed by atoms with Crippen molar-refractivity contribution in [3.8, 4) is 11.5 Å². The number of phenolic OH excluding ortho intramolecular Hbond substituents is 2. The number of hydrogen-bond acceptors (Lipinski definition) is 5. The summed E-state index contributed by atoms with van der Waals surface area (Å²) in [5.74, 6) is -1.49. The second-order valence-electron chi connectivity index (χ2n) is 7.57. The minimum absolute atomic E-state index is 0.0686. The first kappa shape index (κ1) is 19.2. The van der Waals surface area contributed by atoms with E-state index in [1.54, 1.807) is 0 Å². The van der Waals surface area contributed by atoms with Gasteiger partial charge in [-0.05, 0) is 44.7 Å². The molecule has 0 fully saturated rings. The Morgan fingerprint density at radius 3 is 2.24 bits per heavy atom. The van der Waals surface area contributed by atoms with Crippen molar-refractivity contribution in [3.05, 3.63) is 34.9 Å². The van der Waals surface area contributed by atoms with Crippen LogP contribution >= 0.6 is 0 Å². The summed E-state index contributed by atoms with van der Waals surface area (Å²) in [5, 5.41) is 31.0. The number of benzene rings is 1. The third-order valence-electron chi connectivity index (χ3n) is 4.76. The molecule has 0 aromatic heterocycles. The molecule has 1 aromatic rings. The van der Waals surface area contributed by atoms with Gasteiger partial charge < -0.3 is 15.3 Å². The number of phenols is 2. The monoisotopic (exact) mass is 346 g/mol. The van der Waals surface area contributed by atoms with E-state index in [1.807, 2.05) is 33.8 Å². The van der Waals surface area contributed by atoms with Crippen molar-refractivity contribution in [2.45, 2.75) is 53.1 Å². The molecule has 0 aliphatic heterocycles. The normalized spacial score (nSPS) is 21.2. The Morgan fingerprint density at radius 1 is 1.16 bits per heavy atom. The first-order valence-electron chi connectivity index (χ1n) is 8.54. The summed E-state index contributed by atoms with van der Waals surface area (Å²) in [6, 6.07) is 2.40. The van der Waals surface area contributed by atoms with Gasteiger partial charge in [-0.1, -0.05) is 25.5 Å². The van der Waals surface area contributed by atoms with Crippen molar-refractivity contribution in [2.24, 2.45) is 11.3 Å². The average molecular weight is 346 g/mol. The van der Waals surface area contributed by atoms with Crippen LogP contribution in [-0.4, -0.2) is 33.0 Å². The SMILES string of the molecule is CC(C)=CC[C@@H](O)C1(CC(C)C)CC(=O)c2c(O)ccc(O)c2C1=O. The number of rotatable bonds is 5. The highest BCUT2D eigenvalue weighted by Crippen LogP contribution is 2.48. The highest BCUT2D eigenvalue weighted by molar-refractivity contribution is 6.19. The van der Waals surface area contributed by atoms with E-state index in [1.165, 1.54) is 12.1 Å². The molecule has 1 aliphatic carbocycles. The van der Waals surface area contributed by atoms with Crippen molar-refractivity contribution in [2.75, 3.05) is 0 Å². The number of aliphatic hydroxyl groups excluding tert-OH is 1. The van der Waals surface area contributed by atoms with Gasteiger partial charge in [0.05, 0.1) is 22.6 Å². The molecule has 25 heavy (non-hydrogen) atoms. The standard InChI is InChI=1S/C20H26O5/c1-11(2)5-8-16(24)20(9-12(3)4)10-15(23)17-13(21)6-7-14(22)18(17)19(20)25/h5-7,12,16,21-22,24H,8-10H2,1-4H3/t16-,20?/m1/s1. The van der Waals surface area contributed by atoms with Crippen molar-refractivity contribution < 1.29 is 24.9 Å². The van der Waals surface area contributed by atoms with Gasteiger partial charge in [0.2, 0.25) is 0 Å². The largest absolute Gasteiger partial charge is 0.507 e. The van der Waals surface area contributed by atoms with Crippen LogP contribution in [0.15, 0.2) is 23.8 Å². The average Bonchev–Trinajstić information content (AvgIpc) is 2.51. The van der Waals surface area contributed by atoms with E-state index in [-0.39, 0.29) is 41.4 Å². The quantitative estimate of drug-likeness (QED) is 0.559. The molecule has 136 valence electrons. The number of ketones is 2. The van der Waals surface area contributed by atoms with E-state index in [9.17, 15) is 24.9 Å². The lowest BCUT2D eigenvalue weighted by atomic mass is 9.62. The van der Waals surface area contributed by atoms with Crippen molar-refractivity contribution in [3.63, 3.8) is 0 Å². The van der Waals surface area contributed by atoms with Crippen molar-refractivity contribution in [1.82, 2.24) is 0 Å². The Bertz CT molecular complexity index is 728. The van der Waals surface area contributed by atoms with Gasteiger partial charge in [-0.25, -0.2) is 0 Å². The molecule has 0 amide bonds. The minimum Gasteiger partial charge on any atom is -0.507 e. The number of carbonyl (C=O) groups is 2. The van der Waals surface area contributed by atoms with Gasteiger partial charge in [-0.2, -0.15) is 0 Å². The van der Waals surface area contributed by atoms with Gasteiger partial charge >= 0.3 is 0 Å². The van der Waals surface area contributed by atoms with E-state index < -0.39 is 23.1 Å². The predicted molar refractivity (Wildman–Crippen MR) is 95.0 cm³/mol. The fourth-order valence-electron chi connectivity index (χ4n) is 3.67. The summed E-state index contributed by atoms with van der Waals surface area (Å²) >= 11 is 0. The van der Waals surface area contributed by atoms with Crippen LogP contribution in [-0.2, 0) is 0 Å². The van der Waals surface area contributed by atoms with E-state index >= 15 is 0 Å². The van der Waals surface area contributed by atoms with Crippen LogP contribution < -0.4 is 0 Å². The second kappa shape index (κ2) is 7.00. The molecule has 2 atom stereocenters. The van der Waals surface area contributed by atoms with Gasteiger partial charge in [-0.3, -0.25) is 9.59 Å². The first-order valence-corrected chi connectivity index (χ1v) is 8.54. The van der Waals surface area contributed by atoms with E-state index in [0.717, 1.165) is 5.57 Å². The lowest BCUT2D eigenvalue weighted by Crippen LogP contribution is -2.48. The van der Waals surface area contributed by atoms with E-state index in [0.29, 0.717) is 6.42 Å². The van der Waals surface area contributed by atoms with Gasteiger partial charge in [-0.15, -0.1) is 0 Å². The summed E-state index contributed by atoms with van der Waals surface area (Å²) < 4.78 is 0. The summed E-state index contributed by atoms with van der Waals surface area (Å²) in [6.45, 7) is 7.64. The molecule has 2 rings (SSSR count). The lowest BCUT2D eigenvalue weighted by Gasteiger charge is -2.40. The van der Waals surface area contributed by atoms with Crippen molar-refractivity contribution >= 4 is 11.6 Å². The predicted octanol–water partition coefficient (Wildman–Crippen LogP) is 3.62. The highest BCUT2D eigenvalue weighted by atomic mass is 16.3. The van der Waals surface area contributed by atoms with Crippen LogP contribution in [0.5, 0.6) is 11.5 Å². The number of allylic oxidation sites excluding steroid dienone is 1. The molecule has 0 spiro atoms. The van der Waals surface area contributed by atoms with Gasteiger partial charge in [0.1, 0.15) is 11.5 Å². The van der Waals surface area contributed by atoms with Crippen LogP contribution in [0.2, 0.25) is 0 Å². The Morgan fingerprint density at radius 2 is 1.72 bits per heavy atom. The first-order chi connectivity index (χ1) is 11.6.